The predicted molar refractivity (Wildman–Crippen MR) is 45.5 cm³/mol. The van der Waals surface area contributed by atoms with Gasteiger partial charge in [-0.05, 0) is 25.7 Å². The average Bonchev–Trinajstić information content (AvgIpc) is 2.53. The minimum absolute atomic E-state index is 0.124. The Balaban J connectivity index is 2.02. The summed E-state index contributed by atoms with van der Waals surface area (Å²) in [6.07, 6.45) is 6.88. The Morgan fingerprint density at radius 3 is 2.75 bits per heavy atom. The Bertz CT molecular complexity index is 200. The molecule has 2 fully saturated rings. The van der Waals surface area contributed by atoms with Crippen LogP contribution in [0.25, 0.3) is 0 Å². The lowest BCUT2D eigenvalue weighted by atomic mass is 9.85. The normalized spacial score (nSPS) is 33.4. The third-order valence-corrected chi connectivity index (χ3v) is 3.19. The number of nitrogens with zero attached hydrogens (tertiary/aromatic N) is 1. The van der Waals surface area contributed by atoms with Crippen LogP contribution in [0.15, 0.2) is 0 Å². The van der Waals surface area contributed by atoms with Crippen LogP contribution in [0.1, 0.15) is 38.5 Å². The highest BCUT2D eigenvalue weighted by molar-refractivity contribution is 4.97. The Kier molecular flexibility index (Phi) is 2.06. The molecular weight excluding hydrogens is 150 g/mol. The molecule has 0 bridgehead atoms. The SMILES string of the molecule is N#C[C@@H]1CCOC2(CCCC2)C1. The largest absolute Gasteiger partial charge is 0.375 e. The first kappa shape index (κ1) is 8.07. The van der Waals surface area contributed by atoms with E-state index < -0.39 is 0 Å². The first-order valence-corrected chi connectivity index (χ1v) is 4.88. The van der Waals surface area contributed by atoms with E-state index in [9.17, 15) is 0 Å². The molecule has 0 N–H and O–H groups in total. The summed E-state index contributed by atoms with van der Waals surface area (Å²) in [6.45, 7) is 0.804. The molecule has 1 saturated heterocycles. The second kappa shape index (κ2) is 3.06. The van der Waals surface area contributed by atoms with Gasteiger partial charge >= 0.3 is 0 Å². The van der Waals surface area contributed by atoms with Gasteiger partial charge in [-0.15, -0.1) is 0 Å². The molecule has 0 amide bonds. The van der Waals surface area contributed by atoms with Crippen LogP contribution in [-0.4, -0.2) is 12.2 Å². The maximum Gasteiger partial charge on any atom is 0.0695 e. The molecule has 66 valence electrons. The molecule has 1 aliphatic heterocycles. The quantitative estimate of drug-likeness (QED) is 0.551. The van der Waals surface area contributed by atoms with Gasteiger partial charge in [-0.25, -0.2) is 0 Å². The Labute approximate surface area is 73.5 Å². The Morgan fingerprint density at radius 1 is 1.33 bits per heavy atom. The summed E-state index contributed by atoms with van der Waals surface area (Å²) in [5.41, 5.74) is 0.124. The monoisotopic (exact) mass is 165 g/mol. The standard InChI is InChI=1S/C10H15NO/c11-8-9-3-6-12-10(7-9)4-1-2-5-10/h9H,1-7H2/t9-/m1/s1. The van der Waals surface area contributed by atoms with E-state index in [2.05, 4.69) is 6.07 Å². The van der Waals surface area contributed by atoms with Gasteiger partial charge in [-0.2, -0.15) is 5.26 Å². The van der Waals surface area contributed by atoms with Crippen molar-refractivity contribution >= 4 is 0 Å². The van der Waals surface area contributed by atoms with Crippen molar-refractivity contribution in [3.8, 4) is 6.07 Å². The first-order chi connectivity index (χ1) is 5.85. The molecule has 1 spiro atoms. The van der Waals surface area contributed by atoms with Crippen molar-refractivity contribution < 1.29 is 4.74 Å². The van der Waals surface area contributed by atoms with Gasteiger partial charge in [-0.1, -0.05) is 12.8 Å². The molecule has 0 unspecified atom stereocenters. The topological polar surface area (TPSA) is 33.0 Å². The van der Waals surface area contributed by atoms with Crippen molar-refractivity contribution in [1.82, 2.24) is 0 Å². The highest BCUT2D eigenvalue weighted by Gasteiger charge is 2.39. The van der Waals surface area contributed by atoms with Crippen LogP contribution in [0.3, 0.4) is 0 Å². The summed E-state index contributed by atoms with van der Waals surface area (Å²) in [5, 5.41) is 8.83. The van der Waals surface area contributed by atoms with Crippen molar-refractivity contribution in [3.63, 3.8) is 0 Å². The third kappa shape index (κ3) is 1.34. The summed E-state index contributed by atoms with van der Waals surface area (Å²) in [6, 6.07) is 2.38. The molecule has 2 aliphatic rings. The van der Waals surface area contributed by atoms with Crippen LogP contribution in [0.4, 0.5) is 0 Å². The fourth-order valence-electron chi connectivity index (χ4n) is 2.51. The van der Waals surface area contributed by atoms with Gasteiger partial charge in [0.05, 0.1) is 17.6 Å². The zero-order chi connectivity index (χ0) is 8.44. The lowest BCUT2D eigenvalue weighted by Crippen LogP contribution is -2.36. The number of hydrogen-bond acceptors (Lipinski definition) is 2. The number of hydrogen-bond donors (Lipinski definition) is 0. The second-order valence-corrected chi connectivity index (χ2v) is 4.06. The van der Waals surface area contributed by atoms with Gasteiger partial charge in [0.1, 0.15) is 0 Å². The van der Waals surface area contributed by atoms with Crippen molar-refractivity contribution in [2.75, 3.05) is 6.61 Å². The molecular formula is C10H15NO. The van der Waals surface area contributed by atoms with E-state index in [0.29, 0.717) is 0 Å². The van der Waals surface area contributed by atoms with E-state index in [-0.39, 0.29) is 11.5 Å². The highest BCUT2D eigenvalue weighted by Crippen LogP contribution is 2.41. The Hall–Kier alpha value is -0.550. The molecule has 2 rings (SSSR count). The summed E-state index contributed by atoms with van der Waals surface area (Å²) < 4.78 is 5.81. The van der Waals surface area contributed by atoms with Crippen molar-refractivity contribution in [2.45, 2.75) is 44.1 Å². The highest BCUT2D eigenvalue weighted by atomic mass is 16.5. The molecule has 0 aromatic rings. The van der Waals surface area contributed by atoms with E-state index in [1.54, 1.807) is 0 Å². The van der Waals surface area contributed by atoms with Gasteiger partial charge in [0.25, 0.3) is 0 Å². The zero-order valence-electron chi connectivity index (χ0n) is 7.38. The summed E-state index contributed by atoms with van der Waals surface area (Å²) in [7, 11) is 0. The Morgan fingerprint density at radius 2 is 2.08 bits per heavy atom. The van der Waals surface area contributed by atoms with E-state index >= 15 is 0 Å². The van der Waals surface area contributed by atoms with Crippen molar-refractivity contribution in [1.29, 1.82) is 5.26 Å². The molecule has 2 heteroatoms. The van der Waals surface area contributed by atoms with Gasteiger partial charge in [0, 0.05) is 6.61 Å². The van der Waals surface area contributed by atoms with E-state index in [4.69, 9.17) is 10.00 Å². The maximum atomic E-state index is 8.83. The fourth-order valence-corrected chi connectivity index (χ4v) is 2.51. The minimum atomic E-state index is 0.124. The predicted octanol–water partition coefficient (Wildman–Crippen LogP) is 2.25. The molecule has 1 heterocycles. The van der Waals surface area contributed by atoms with Gasteiger partial charge in [0.2, 0.25) is 0 Å². The lowest BCUT2D eigenvalue weighted by molar-refractivity contribution is -0.0842. The molecule has 0 aromatic carbocycles. The number of ether oxygens (including phenoxy) is 1. The summed E-state index contributed by atoms with van der Waals surface area (Å²) >= 11 is 0. The van der Waals surface area contributed by atoms with E-state index in [1.165, 1.54) is 25.7 Å². The number of rotatable bonds is 0. The lowest BCUT2D eigenvalue weighted by Gasteiger charge is -2.35. The van der Waals surface area contributed by atoms with Crippen LogP contribution in [0.2, 0.25) is 0 Å². The molecule has 2 nitrogen and oxygen atoms in total. The molecule has 1 atom stereocenters. The first-order valence-electron chi connectivity index (χ1n) is 4.88. The van der Waals surface area contributed by atoms with Crippen LogP contribution >= 0.6 is 0 Å². The fraction of sp³-hybridized carbons (Fsp3) is 0.900. The van der Waals surface area contributed by atoms with E-state index in [0.717, 1.165) is 19.4 Å². The zero-order valence-corrected chi connectivity index (χ0v) is 7.38. The van der Waals surface area contributed by atoms with Crippen molar-refractivity contribution in [2.24, 2.45) is 5.92 Å². The third-order valence-electron chi connectivity index (χ3n) is 3.19. The van der Waals surface area contributed by atoms with Crippen LogP contribution in [0, 0.1) is 17.2 Å². The molecule has 0 aromatic heterocycles. The summed E-state index contributed by atoms with van der Waals surface area (Å²) in [4.78, 5) is 0. The van der Waals surface area contributed by atoms with Gasteiger partial charge in [0.15, 0.2) is 0 Å². The van der Waals surface area contributed by atoms with Crippen LogP contribution in [-0.2, 0) is 4.74 Å². The van der Waals surface area contributed by atoms with Crippen LogP contribution < -0.4 is 0 Å². The van der Waals surface area contributed by atoms with Gasteiger partial charge in [-0.3, -0.25) is 0 Å². The number of nitriles is 1. The van der Waals surface area contributed by atoms with Crippen LogP contribution in [0.5, 0.6) is 0 Å². The molecule has 12 heavy (non-hydrogen) atoms. The smallest absolute Gasteiger partial charge is 0.0695 e. The van der Waals surface area contributed by atoms with Gasteiger partial charge < -0.3 is 4.74 Å². The minimum Gasteiger partial charge on any atom is -0.375 e. The average molecular weight is 165 g/mol. The molecule has 0 radical (unpaired) electrons. The van der Waals surface area contributed by atoms with Crippen molar-refractivity contribution in [3.05, 3.63) is 0 Å². The molecule has 1 aliphatic carbocycles. The molecule has 1 saturated carbocycles. The maximum absolute atomic E-state index is 8.83. The van der Waals surface area contributed by atoms with E-state index in [1.807, 2.05) is 0 Å². The summed E-state index contributed by atoms with van der Waals surface area (Å²) in [5.74, 6) is 0.261. The second-order valence-electron chi connectivity index (χ2n) is 4.06.